The van der Waals surface area contributed by atoms with Gasteiger partial charge in [-0.05, 0) is 115 Å². The van der Waals surface area contributed by atoms with Crippen molar-refractivity contribution in [1.29, 1.82) is 0 Å². The van der Waals surface area contributed by atoms with E-state index in [4.69, 9.17) is 4.74 Å². The maximum Gasteiger partial charge on any atom is 0.279 e. The molecule has 40 heavy (non-hydrogen) atoms. The van der Waals surface area contributed by atoms with Gasteiger partial charge in [0.15, 0.2) is 6.54 Å². The highest BCUT2D eigenvalue weighted by Crippen LogP contribution is 2.27. The number of quaternary nitrogens is 1. The topological polar surface area (TPSA) is 70.7 Å². The van der Waals surface area contributed by atoms with Crippen LogP contribution >= 0.6 is 0 Å². The van der Waals surface area contributed by atoms with Crippen LogP contribution in [-0.4, -0.2) is 73.6 Å². The molecule has 0 aromatic heterocycles. The Morgan fingerprint density at radius 2 is 1.55 bits per heavy atom. The molecule has 0 saturated carbocycles. The number of likely N-dealkylation sites (N-methyl/N-ethyl adjacent to an activating group) is 1. The van der Waals surface area contributed by atoms with Gasteiger partial charge in [-0.25, -0.2) is 0 Å². The van der Waals surface area contributed by atoms with E-state index in [1.807, 2.05) is 58.0 Å². The van der Waals surface area contributed by atoms with Gasteiger partial charge in [0.1, 0.15) is 5.75 Å². The van der Waals surface area contributed by atoms with E-state index >= 15 is 0 Å². The number of carbonyl (C=O) groups is 2. The fourth-order valence-corrected chi connectivity index (χ4v) is 6.10. The van der Waals surface area contributed by atoms with Crippen molar-refractivity contribution >= 4 is 23.2 Å². The highest BCUT2D eigenvalue weighted by atomic mass is 16.5. The summed E-state index contributed by atoms with van der Waals surface area (Å²) in [4.78, 5) is 28.9. The van der Waals surface area contributed by atoms with Crippen molar-refractivity contribution in [1.82, 2.24) is 4.90 Å². The summed E-state index contributed by atoms with van der Waals surface area (Å²) >= 11 is 0. The van der Waals surface area contributed by atoms with Gasteiger partial charge in [-0.3, -0.25) is 14.5 Å². The van der Waals surface area contributed by atoms with Gasteiger partial charge in [0, 0.05) is 11.4 Å². The predicted octanol–water partition coefficient (Wildman–Crippen LogP) is 6.00. The summed E-state index contributed by atoms with van der Waals surface area (Å²) in [5.74, 6) is 0.975. The number of hydrogen-bond donors (Lipinski definition) is 2. The minimum absolute atomic E-state index is 0.0549. The normalized spacial score (nSPS) is 16.0. The number of unbranched alkanes of at least 4 members (excludes halogenated alkanes) is 1. The maximum absolute atomic E-state index is 13.3. The van der Waals surface area contributed by atoms with Crippen molar-refractivity contribution in [2.24, 2.45) is 0 Å². The molecule has 0 bridgehead atoms. The lowest BCUT2D eigenvalue weighted by atomic mass is 10.00. The first kappa shape index (κ1) is 31.6. The quantitative estimate of drug-likeness (QED) is 0.237. The summed E-state index contributed by atoms with van der Waals surface area (Å²) in [5, 5.41) is 6.41. The van der Waals surface area contributed by atoms with Crippen LogP contribution in [0.25, 0.3) is 0 Å². The van der Waals surface area contributed by atoms with Gasteiger partial charge in [0.2, 0.25) is 5.91 Å². The average Bonchev–Trinajstić information content (AvgIpc) is 2.94. The van der Waals surface area contributed by atoms with Gasteiger partial charge < -0.3 is 19.9 Å². The number of aryl methyl sites for hydroxylation is 4. The molecule has 3 rings (SSSR count). The Morgan fingerprint density at radius 3 is 2.15 bits per heavy atom. The summed E-state index contributed by atoms with van der Waals surface area (Å²) < 4.78 is 6.12. The summed E-state index contributed by atoms with van der Waals surface area (Å²) in [6.07, 6.45) is 5.19. The number of piperidine rings is 1. The Kier molecular flexibility index (Phi) is 11.6. The van der Waals surface area contributed by atoms with Crippen LogP contribution in [0.4, 0.5) is 11.4 Å². The highest BCUT2D eigenvalue weighted by Gasteiger charge is 2.30. The lowest BCUT2D eigenvalue weighted by Crippen LogP contribution is -2.53. The number of ether oxygens (including phenoxy) is 1. The third-order valence-corrected chi connectivity index (χ3v) is 8.80. The summed E-state index contributed by atoms with van der Waals surface area (Å²) in [6, 6.07) is 9.97. The van der Waals surface area contributed by atoms with Gasteiger partial charge >= 0.3 is 0 Å². The molecule has 2 N–H and O–H groups in total. The molecule has 1 unspecified atom stereocenters. The third kappa shape index (κ3) is 8.07. The number of hydrogen-bond acceptors (Lipinski definition) is 4. The van der Waals surface area contributed by atoms with Crippen LogP contribution in [0.5, 0.6) is 5.75 Å². The Labute approximate surface area is 241 Å². The monoisotopic (exact) mass is 551 g/mol. The maximum atomic E-state index is 13.3. The molecule has 1 aliphatic rings. The smallest absolute Gasteiger partial charge is 0.279 e. The molecule has 7 heteroatoms. The van der Waals surface area contributed by atoms with Gasteiger partial charge in [0.05, 0.1) is 32.8 Å². The van der Waals surface area contributed by atoms with Crippen LogP contribution in [0.15, 0.2) is 30.3 Å². The predicted molar refractivity (Wildman–Crippen MR) is 165 cm³/mol. The zero-order valence-electron chi connectivity index (χ0n) is 25.9. The molecule has 1 atom stereocenters. The summed E-state index contributed by atoms with van der Waals surface area (Å²) in [7, 11) is 1.66. The number of amides is 2. The second kappa shape index (κ2) is 14.6. The average molecular weight is 552 g/mol. The Morgan fingerprint density at radius 1 is 0.925 bits per heavy atom. The molecule has 0 spiro atoms. The standard InChI is InChI=1S/C33H50N4O3/c1-8-37(9-2,23-30(38)34-32-26(5)21-28(40-7)22-27(32)6)20-13-12-19-36-18-11-10-17-29(36)33(39)35-31-24(3)15-14-16-25(31)4/h14-16,21-22,29H,8-13,17-20,23H2,1-7H3,(H-,34,35,38,39)/p+1. The molecule has 1 heterocycles. The molecule has 1 saturated heterocycles. The van der Waals surface area contributed by atoms with E-state index in [9.17, 15) is 9.59 Å². The first-order valence-corrected chi connectivity index (χ1v) is 15.0. The molecular weight excluding hydrogens is 500 g/mol. The fraction of sp³-hybridized carbons (Fsp3) is 0.576. The first-order valence-electron chi connectivity index (χ1n) is 15.0. The van der Waals surface area contributed by atoms with E-state index in [1.54, 1.807) is 7.11 Å². The molecule has 1 fully saturated rings. The number of likely N-dealkylation sites (tertiary alicyclic amines) is 1. The number of methoxy groups -OCH3 is 1. The lowest BCUT2D eigenvalue weighted by Gasteiger charge is -2.37. The van der Waals surface area contributed by atoms with Crippen molar-refractivity contribution in [2.45, 2.75) is 79.7 Å². The highest BCUT2D eigenvalue weighted by molar-refractivity contribution is 5.96. The van der Waals surface area contributed by atoms with Crippen LogP contribution in [0.1, 0.15) is 68.2 Å². The second-order valence-corrected chi connectivity index (χ2v) is 11.6. The molecule has 220 valence electrons. The number of benzene rings is 2. The number of para-hydroxylation sites is 1. The first-order chi connectivity index (χ1) is 19.1. The van der Waals surface area contributed by atoms with E-state index in [1.165, 1.54) is 0 Å². The van der Waals surface area contributed by atoms with Gasteiger partial charge in [-0.1, -0.05) is 24.6 Å². The zero-order valence-corrected chi connectivity index (χ0v) is 25.9. The number of carbonyl (C=O) groups excluding carboxylic acids is 2. The Hall–Kier alpha value is -2.90. The van der Waals surface area contributed by atoms with Gasteiger partial charge in [0.25, 0.3) is 5.91 Å². The van der Waals surface area contributed by atoms with E-state index < -0.39 is 0 Å². The number of nitrogens with zero attached hydrogens (tertiary/aromatic N) is 2. The van der Waals surface area contributed by atoms with Crippen LogP contribution < -0.4 is 15.4 Å². The zero-order chi connectivity index (χ0) is 29.3. The Bertz CT molecular complexity index is 1120. The van der Waals surface area contributed by atoms with E-state index in [-0.39, 0.29) is 17.9 Å². The van der Waals surface area contributed by atoms with Gasteiger partial charge in [-0.15, -0.1) is 0 Å². The largest absolute Gasteiger partial charge is 0.497 e. The fourth-order valence-electron chi connectivity index (χ4n) is 6.10. The van der Waals surface area contributed by atoms with Gasteiger partial charge in [-0.2, -0.15) is 0 Å². The summed E-state index contributed by atoms with van der Waals surface area (Å²) in [5.41, 5.74) is 6.05. The van der Waals surface area contributed by atoms with Crippen LogP contribution in [-0.2, 0) is 9.59 Å². The van der Waals surface area contributed by atoms with E-state index in [0.717, 1.165) is 109 Å². The molecular formula is C33H51N4O3+. The van der Waals surface area contributed by atoms with Crippen molar-refractivity contribution in [2.75, 3.05) is 57.0 Å². The van der Waals surface area contributed by atoms with Crippen LogP contribution in [0.2, 0.25) is 0 Å². The van der Waals surface area contributed by atoms with Crippen molar-refractivity contribution in [3.8, 4) is 5.75 Å². The molecule has 2 aromatic carbocycles. The van der Waals surface area contributed by atoms with Crippen LogP contribution in [0, 0.1) is 27.7 Å². The van der Waals surface area contributed by atoms with Crippen molar-refractivity contribution in [3.05, 3.63) is 52.6 Å². The second-order valence-electron chi connectivity index (χ2n) is 11.6. The third-order valence-electron chi connectivity index (χ3n) is 8.80. The van der Waals surface area contributed by atoms with E-state index in [0.29, 0.717) is 6.54 Å². The van der Waals surface area contributed by atoms with Crippen LogP contribution in [0.3, 0.4) is 0 Å². The van der Waals surface area contributed by atoms with Crippen molar-refractivity contribution in [3.63, 3.8) is 0 Å². The molecule has 2 aromatic rings. The molecule has 0 radical (unpaired) electrons. The summed E-state index contributed by atoms with van der Waals surface area (Å²) in [6.45, 7) is 17.6. The molecule has 7 nitrogen and oxygen atoms in total. The molecule has 0 aliphatic carbocycles. The van der Waals surface area contributed by atoms with E-state index in [2.05, 4.69) is 29.4 Å². The Balaban J connectivity index is 1.55. The van der Waals surface area contributed by atoms with Crippen molar-refractivity contribution < 1.29 is 18.8 Å². The minimum Gasteiger partial charge on any atom is -0.497 e. The molecule has 1 aliphatic heterocycles. The SMILES string of the molecule is CC[N+](CC)(CCCCN1CCCCC1C(=O)Nc1c(C)cccc1C)CC(=O)Nc1c(C)cc(OC)cc1C. The number of rotatable bonds is 13. The lowest BCUT2D eigenvalue weighted by molar-refractivity contribution is -0.917. The molecule has 2 amide bonds. The number of anilines is 2. The minimum atomic E-state index is -0.0777. The number of nitrogens with one attached hydrogen (secondary N) is 2.